The Morgan fingerprint density at radius 3 is 2.60 bits per heavy atom. The topological polar surface area (TPSA) is 30.5 Å². The summed E-state index contributed by atoms with van der Waals surface area (Å²) in [6, 6.07) is 0. The fourth-order valence-electron chi connectivity index (χ4n) is 1.31. The van der Waals surface area contributed by atoms with Gasteiger partial charge >= 0.3 is 0 Å². The van der Waals surface area contributed by atoms with Gasteiger partial charge in [-0.2, -0.15) is 0 Å². The third-order valence-corrected chi connectivity index (χ3v) is 2.31. The van der Waals surface area contributed by atoms with E-state index in [1.54, 1.807) is 0 Å². The molecule has 1 atom stereocenters. The van der Waals surface area contributed by atoms with Crippen molar-refractivity contribution >= 4 is 0 Å². The summed E-state index contributed by atoms with van der Waals surface area (Å²) in [6.07, 6.45) is 5.00. The molecule has 0 aromatic heterocycles. The van der Waals surface area contributed by atoms with Crippen LogP contribution in [0.3, 0.4) is 0 Å². The number of rotatable bonds is 11. The van der Waals surface area contributed by atoms with E-state index in [1.165, 1.54) is 12.8 Å². The number of nitrogens with one attached hydrogen (secondary N) is 1. The Kier molecular flexibility index (Phi) is 11.9. The van der Waals surface area contributed by atoms with Crippen LogP contribution in [-0.2, 0) is 9.47 Å². The molecule has 0 rings (SSSR count). The monoisotopic (exact) mass is 217 g/mol. The fraction of sp³-hybridized carbons (Fsp3) is 1.00. The van der Waals surface area contributed by atoms with E-state index < -0.39 is 0 Å². The van der Waals surface area contributed by atoms with Crippen LogP contribution in [0.1, 0.15) is 39.5 Å². The number of hydrogen-bond donors (Lipinski definition) is 1. The van der Waals surface area contributed by atoms with Crippen LogP contribution in [0.5, 0.6) is 0 Å². The lowest BCUT2D eigenvalue weighted by Gasteiger charge is -2.12. The molecule has 0 aliphatic rings. The van der Waals surface area contributed by atoms with Crippen molar-refractivity contribution in [2.75, 3.05) is 33.4 Å². The minimum Gasteiger partial charge on any atom is -0.379 e. The van der Waals surface area contributed by atoms with Gasteiger partial charge in [0.1, 0.15) is 0 Å². The summed E-state index contributed by atoms with van der Waals surface area (Å²) in [5, 5.41) is 3.13. The minimum atomic E-state index is 0.355. The van der Waals surface area contributed by atoms with Crippen molar-refractivity contribution in [3.63, 3.8) is 0 Å². The van der Waals surface area contributed by atoms with Crippen molar-refractivity contribution in [3.8, 4) is 0 Å². The summed E-state index contributed by atoms with van der Waals surface area (Å²) in [4.78, 5) is 0. The van der Waals surface area contributed by atoms with E-state index in [2.05, 4.69) is 19.2 Å². The summed E-state index contributed by atoms with van der Waals surface area (Å²) < 4.78 is 11.0. The molecule has 0 amide bonds. The maximum absolute atomic E-state index is 5.62. The van der Waals surface area contributed by atoms with Crippen LogP contribution >= 0.6 is 0 Å². The Bertz CT molecular complexity index is 120. The fourth-order valence-corrected chi connectivity index (χ4v) is 1.31. The van der Waals surface area contributed by atoms with Gasteiger partial charge in [-0.25, -0.2) is 0 Å². The molecule has 0 aliphatic heterocycles. The first kappa shape index (κ1) is 14.9. The van der Waals surface area contributed by atoms with Crippen LogP contribution in [0, 0.1) is 0 Å². The van der Waals surface area contributed by atoms with Gasteiger partial charge in [0, 0.05) is 6.61 Å². The van der Waals surface area contributed by atoms with Crippen LogP contribution in [0.25, 0.3) is 0 Å². The Balaban J connectivity index is 3.06. The molecule has 0 aromatic rings. The number of ether oxygens (including phenoxy) is 2. The molecule has 0 saturated heterocycles. The van der Waals surface area contributed by atoms with Crippen LogP contribution in [-0.4, -0.2) is 39.5 Å². The van der Waals surface area contributed by atoms with E-state index in [0.29, 0.717) is 6.10 Å². The van der Waals surface area contributed by atoms with Crippen molar-refractivity contribution in [3.05, 3.63) is 0 Å². The molecule has 92 valence electrons. The quantitative estimate of drug-likeness (QED) is 0.538. The molecule has 0 spiro atoms. The summed E-state index contributed by atoms with van der Waals surface area (Å²) in [6.45, 7) is 7.70. The molecule has 0 aromatic carbocycles. The van der Waals surface area contributed by atoms with E-state index in [4.69, 9.17) is 9.47 Å². The first-order valence-electron chi connectivity index (χ1n) is 6.15. The van der Waals surface area contributed by atoms with Crippen LogP contribution < -0.4 is 5.32 Å². The maximum atomic E-state index is 5.62. The predicted octanol–water partition coefficient (Wildman–Crippen LogP) is 2.21. The maximum Gasteiger partial charge on any atom is 0.0704 e. The van der Waals surface area contributed by atoms with Crippen molar-refractivity contribution in [2.24, 2.45) is 0 Å². The number of unbranched alkanes of at least 4 members (excludes halogenated alkanes) is 1. The lowest BCUT2D eigenvalue weighted by Crippen LogP contribution is -2.16. The highest BCUT2D eigenvalue weighted by atomic mass is 16.5. The molecule has 0 bridgehead atoms. The third kappa shape index (κ3) is 11.8. The molecule has 0 fully saturated rings. The zero-order chi connectivity index (χ0) is 11.4. The smallest absolute Gasteiger partial charge is 0.0704 e. The van der Waals surface area contributed by atoms with Crippen molar-refractivity contribution in [1.82, 2.24) is 5.32 Å². The van der Waals surface area contributed by atoms with Crippen molar-refractivity contribution in [1.29, 1.82) is 0 Å². The van der Waals surface area contributed by atoms with E-state index in [0.717, 1.165) is 39.2 Å². The second-order valence-corrected chi connectivity index (χ2v) is 3.89. The van der Waals surface area contributed by atoms with Crippen LogP contribution in [0.4, 0.5) is 0 Å². The Morgan fingerprint density at radius 1 is 1.13 bits per heavy atom. The molecule has 3 heteroatoms. The van der Waals surface area contributed by atoms with Crippen molar-refractivity contribution < 1.29 is 9.47 Å². The van der Waals surface area contributed by atoms with Crippen molar-refractivity contribution in [2.45, 2.75) is 45.6 Å². The molecule has 1 unspecified atom stereocenters. The molecule has 1 N–H and O–H groups in total. The summed E-state index contributed by atoms with van der Waals surface area (Å²) in [7, 11) is 1.98. The van der Waals surface area contributed by atoms with Crippen LogP contribution in [0.2, 0.25) is 0 Å². The molecular weight excluding hydrogens is 190 g/mol. The highest BCUT2D eigenvalue weighted by molar-refractivity contribution is 4.52. The highest BCUT2D eigenvalue weighted by Crippen LogP contribution is 2.00. The summed E-state index contributed by atoms with van der Waals surface area (Å²) >= 11 is 0. The first-order chi connectivity index (χ1) is 7.31. The lowest BCUT2D eigenvalue weighted by molar-refractivity contribution is 0.00809. The molecule has 3 nitrogen and oxygen atoms in total. The normalized spacial score (nSPS) is 13.0. The van der Waals surface area contributed by atoms with Gasteiger partial charge in [-0.05, 0) is 39.8 Å². The Labute approximate surface area is 94.5 Å². The van der Waals surface area contributed by atoms with Gasteiger partial charge < -0.3 is 14.8 Å². The summed E-state index contributed by atoms with van der Waals surface area (Å²) in [5.74, 6) is 0. The average molecular weight is 217 g/mol. The second kappa shape index (κ2) is 12.0. The standard InChI is InChI=1S/C12H27NO2/c1-4-5-9-14-10-11-15-12(2)7-6-8-13-3/h12-13H,4-11H2,1-3H3. The number of hydrogen-bond acceptors (Lipinski definition) is 3. The van der Waals surface area contributed by atoms with Gasteiger partial charge in [-0.15, -0.1) is 0 Å². The predicted molar refractivity (Wildman–Crippen MR) is 64.3 cm³/mol. The molecule has 0 saturated carbocycles. The molecule has 0 radical (unpaired) electrons. The third-order valence-electron chi connectivity index (χ3n) is 2.31. The molecular formula is C12H27NO2. The molecule has 0 aliphatic carbocycles. The summed E-state index contributed by atoms with van der Waals surface area (Å²) in [5.41, 5.74) is 0. The second-order valence-electron chi connectivity index (χ2n) is 3.89. The van der Waals surface area contributed by atoms with Gasteiger partial charge in [-0.3, -0.25) is 0 Å². The SMILES string of the molecule is CCCCOCCOC(C)CCCNC. The van der Waals surface area contributed by atoms with E-state index in [9.17, 15) is 0 Å². The zero-order valence-electron chi connectivity index (χ0n) is 10.6. The van der Waals surface area contributed by atoms with E-state index in [-0.39, 0.29) is 0 Å². The first-order valence-corrected chi connectivity index (χ1v) is 6.15. The molecule has 15 heavy (non-hydrogen) atoms. The largest absolute Gasteiger partial charge is 0.379 e. The Hall–Kier alpha value is -0.120. The average Bonchev–Trinajstić information content (AvgIpc) is 2.23. The van der Waals surface area contributed by atoms with Gasteiger partial charge in [0.05, 0.1) is 19.3 Å². The van der Waals surface area contributed by atoms with Gasteiger partial charge in [0.25, 0.3) is 0 Å². The van der Waals surface area contributed by atoms with Gasteiger partial charge in [0.2, 0.25) is 0 Å². The van der Waals surface area contributed by atoms with E-state index >= 15 is 0 Å². The molecule has 0 heterocycles. The van der Waals surface area contributed by atoms with Gasteiger partial charge in [-0.1, -0.05) is 13.3 Å². The minimum absolute atomic E-state index is 0.355. The zero-order valence-corrected chi connectivity index (χ0v) is 10.6. The van der Waals surface area contributed by atoms with Crippen LogP contribution in [0.15, 0.2) is 0 Å². The van der Waals surface area contributed by atoms with Gasteiger partial charge in [0.15, 0.2) is 0 Å². The lowest BCUT2D eigenvalue weighted by atomic mass is 10.2. The van der Waals surface area contributed by atoms with E-state index in [1.807, 2.05) is 7.05 Å². The Morgan fingerprint density at radius 2 is 1.93 bits per heavy atom. The highest BCUT2D eigenvalue weighted by Gasteiger charge is 2.00.